The highest BCUT2D eigenvalue weighted by Crippen LogP contribution is 2.13. The lowest BCUT2D eigenvalue weighted by Crippen LogP contribution is -2.04. The molecule has 1 aromatic carbocycles. The van der Waals surface area contributed by atoms with E-state index in [1.807, 2.05) is 18.2 Å². The number of ether oxygens (including phenoxy) is 1. The lowest BCUT2D eigenvalue weighted by atomic mass is 10.1. The summed E-state index contributed by atoms with van der Waals surface area (Å²) in [5.74, 6) is -0.289. The van der Waals surface area contributed by atoms with Gasteiger partial charge < -0.3 is 4.74 Å². The van der Waals surface area contributed by atoms with Gasteiger partial charge in [-0.2, -0.15) is 0 Å². The monoisotopic (exact) mass is 237 g/mol. The summed E-state index contributed by atoms with van der Waals surface area (Å²) in [6.45, 7) is 2.18. The molecule has 0 amide bonds. The zero-order valence-corrected chi connectivity index (χ0v) is 9.66. The van der Waals surface area contributed by atoms with Crippen LogP contribution in [0.4, 0.5) is 0 Å². The number of carbonyl (C=O) groups is 1. The molecular weight excluding hydrogens is 226 g/mol. The first kappa shape index (κ1) is 12.5. The number of nitrogens with zero attached hydrogens (tertiary/aromatic N) is 1. The third kappa shape index (κ3) is 2.49. The minimum absolute atomic E-state index is 0. The van der Waals surface area contributed by atoms with Crippen LogP contribution in [0.1, 0.15) is 17.3 Å². The van der Waals surface area contributed by atoms with E-state index in [-0.39, 0.29) is 18.4 Å². The average Bonchev–Trinajstić information content (AvgIpc) is 2.29. The molecule has 0 bridgehead atoms. The van der Waals surface area contributed by atoms with Crippen molar-refractivity contribution in [2.75, 3.05) is 6.61 Å². The number of rotatable bonds is 2. The minimum Gasteiger partial charge on any atom is -0.462 e. The molecule has 0 aliphatic rings. The fourth-order valence-corrected chi connectivity index (χ4v) is 1.42. The Bertz CT molecular complexity index is 499. The Kier molecular flexibility index (Phi) is 4.26. The third-order valence-corrected chi connectivity index (χ3v) is 2.11. The van der Waals surface area contributed by atoms with Gasteiger partial charge in [0.25, 0.3) is 0 Å². The van der Waals surface area contributed by atoms with Crippen LogP contribution >= 0.6 is 12.4 Å². The number of hydrogen-bond donors (Lipinski definition) is 0. The summed E-state index contributed by atoms with van der Waals surface area (Å²) < 4.78 is 4.92. The Labute approximate surface area is 99.9 Å². The van der Waals surface area contributed by atoms with E-state index < -0.39 is 0 Å². The highest BCUT2D eigenvalue weighted by molar-refractivity contribution is 5.94. The van der Waals surface area contributed by atoms with Gasteiger partial charge in [-0.25, -0.2) is 4.79 Å². The van der Waals surface area contributed by atoms with E-state index in [1.54, 1.807) is 25.3 Å². The number of pyridine rings is 1. The molecule has 0 N–H and O–H groups in total. The number of carbonyl (C=O) groups excluding carboxylic acids is 1. The highest BCUT2D eigenvalue weighted by Gasteiger charge is 2.06. The molecular formula is C12H12ClNO2. The van der Waals surface area contributed by atoms with Crippen molar-refractivity contribution in [2.45, 2.75) is 6.92 Å². The van der Waals surface area contributed by atoms with Crippen molar-refractivity contribution in [3.63, 3.8) is 0 Å². The molecule has 16 heavy (non-hydrogen) atoms. The molecule has 0 saturated heterocycles. The first-order chi connectivity index (χ1) is 7.31. The average molecular weight is 238 g/mol. The van der Waals surface area contributed by atoms with Crippen LogP contribution in [0.2, 0.25) is 0 Å². The maximum absolute atomic E-state index is 11.4. The molecule has 0 atom stereocenters. The van der Waals surface area contributed by atoms with Crippen LogP contribution in [0.15, 0.2) is 36.5 Å². The van der Waals surface area contributed by atoms with Crippen molar-refractivity contribution in [1.29, 1.82) is 0 Å². The number of halogens is 1. The molecule has 0 aliphatic carbocycles. The number of aromatic nitrogens is 1. The Balaban J connectivity index is 0.00000128. The Hall–Kier alpha value is -1.61. The molecule has 3 nitrogen and oxygen atoms in total. The van der Waals surface area contributed by atoms with Gasteiger partial charge in [0.2, 0.25) is 0 Å². The summed E-state index contributed by atoms with van der Waals surface area (Å²) in [5.41, 5.74) is 1.45. The van der Waals surface area contributed by atoms with Crippen LogP contribution in [0.5, 0.6) is 0 Å². The normalized spacial score (nSPS) is 9.56. The second-order valence-corrected chi connectivity index (χ2v) is 3.13. The second-order valence-electron chi connectivity index (χ2n) is 3.13. The molecule has 0 spiro atoms. The summed E-state index contributed by atoms with van der Waals surface area (Å²) in [5, 5.41) is 0.947. The van der Waals surface area contributed by atoms with Gasteiger partial charge >= 0.3 is 5.97 Å². The zero-order valence-electron chi connectivity index (χ0n) is 8.84. The lowest BCUT2D eigenvalue weighted by Gasteiger charge is -2.02. The van der Waals surface area contributed by atoms with E-state index in [1.165, 1.54) is 0 Å². The predicted molar refractivity (Wildman–Crippen MR) is 64.9 cm³/mol. The fraction of sp³-hybridized carbons (Fsp3) is 0.167. The molecule has 0 unspecified atom stereocenters. The molecule has 0 radical (unpaired) electrons. The fourth-order valence-electron chi connectivity index (χ4n) is 1.42. The van der Waals surface area contributed by atoms with E-state index in [2.05, 4.69) is 4.98 Å². The molecule has 0 aliphatic heterocycles. The molecule has 4 heteroatoms. The van der Waals surface area contributed by atoms with E-state index in [0.29, 0.717) is 12.2 Å². The minimum atomic E-state index is -0.289. The number of benzene rings is 1. The van der Waals surface area contributed by atoms with Crippen molar-refractivity contribution in [3.05, 3.63) is 42.1 Å². The number of fused-ring (bicyclic) bond motifs is 1. The first-order valence-corrected chi connectivity index (χ1v) is 4.83. The van der Waals surface area contributed by atoms with Crippen LogP contribution in [0.25, 0.3) is 10.9 Å². The summed E-state index contributed by atoms with van der Waals surface area (Å²) in [6, 6.07) is 9.11. The van der Waals surface area contributed by atoms with Crippen molar-refractivity contribution in [2.24, 2.45) is 0 Å². The summed E-state index contributed by atoms with van der Waals surface area (Å²) in [6.07, 6.45) is 1.73. The lowest BCUT2D eigenvalue weighted by molar-refractivity contribution is 0.0526. The highest BCUT2D eigenvalue weighted by atomic mass is 35.5. The van der Waals surface area contributed by atoms with E-state index in [9.17, 15) is 4.79 Å². The standard InChI is InChI=1S/C12H11NO2.ClH/c1-2-15-12(14)10-5-6-11-9(8-10)4-3-7-13-11;/h3-8H,2H2,1H3;1H. The van der Waals surface area contributed by atoms with Crippen LogP contribution in [-0.4, -0.2) is 17.6 Å². The SMILES string of the molecule is CCOC(=O)c1ccc2ncccc2c1.Cl. The van der Waals surface area contributed by atoms with Gasteiger partial charge in [0.1, 0.15) is 0 Å². The van der Waals surface area contributed by atoms with Crippen LogP contribution in [-0.2, 0) is 4.74 Å². The van der Waals surface area contributed by atoms with Crippen molar-refractivity contribution in [3.8, 4) is 0 Å². The van der Waals surface area contributed by atoms with Crippen LogP contribution in [0, 0.1) is 0 Å². The molecule has 2 aromatic rings. The molecule has 0 fully saturated rings. The summed E-state index contributed by atoms with van der Waals surface area (Å²) in [4.78, 5) is 15.6. The topological polar surface area (TPSA) is 39.2 Å². The van der Waals surface area contributed by atoms with Gasteiger partial charge in [-0.05, 0) is 31.2 Å². The maximum Gasteiger partial charge on any atom is 0.338 e. The Morgan fingerprint density at radius 1 is 1.38 bits per heavy atom. The predicted octanol–water partition coefficient (Wildman–Crippen LogP) is 2.83. The number of esters is 1. The van der Waals surface area contributed by atoms with Gasteiger partial charge in [-0.1, -0.05) is 6.07 Å². The summed E-state index contributed by atoms with van der Waals surface area (Å²) >= 11 is 0. The molecule has 2 rings (SSSR count). The molecule has 84 valence electrons. The van der Waals surface area contributed by atoms with Crippen LogP contribution in [0.3, 0.4) is 0 Å². The van der Waals surface area contributed by atoms with Crippen molar-refractivity contribution < 1.29 is 9.53 Å². The van der Waals surface area contributed by atoms with Crippen molar-refractivity contribution >= 4 is 29.3 Å². The van der Waals surface area contributed by atoms with Gasteiger partial charge in [0.15, 0.2) is 0 Å². The van der Waals surface area contributed by atoms with Gasteiger partial charge in [-0.3, -0.25) is 4.98 Å². The largest absolute Gasteiger partial charge is 0.462 e. The summed E-state index contributed by atoms with van der Waals surface area (Å²) in [7, 11) is 0. The van der Waals surface area contributed by atoms with Gasteiger partial charge in [-0.15, -0.1) is 12.4 Å². The molecule has 1 heterocycles. The smallest absolute Gasteiger partial charge is 0.338 e. The second kappa shape index (κ2) is 5.47. The number of hydrogen-bond acceptors (Lipinski definition) is 3. The third-order valence-electron chi connectivity index (χ3n) is 2.11. The Morgan fingerprint density at radius 3 is 2.94 bits per heavy atom. The first-order valence-electron chi connectivity index (χ1n) is 4.83. The van der Waals surface area contributed by atoms with Crippen LogP contribution < -0.4 is 0 Å². The van der Waals surface area contributed by atoms with E-state index >= 15 is 0 Å². The quantitative estimate of drug-likeness (QED) is 0.754. The van der Waals surface area contributed by atoms with E-state index in [4.69, 9.17) is 4.74 Å². The van der Waals surface area contributed by atoms with Gasteiger partial charge in [0, 0.05) is 11.6 Å². The van der Waals surface area contributed by atoms with E-state index in [0.717, 1.165) is 10.9 Å². The molecule has 1 aromatic heterocycles. The molecule has 0 saturated carbocycles. The maximum atomic E-state index is 11.4. The van der Waals surface area contributed by atoms with Gasteiger partial charge in [0.05, 0.1) is 17.7 Å². The van der Waals surface area contributed by atoms with Crippen molar-refractivity contribution in [1.82, 2.24) is 4.98 Å². The Morgan fingerprint density at radius 2 is 2.19 bits per heavy atom. The zero-order chi connectivity index (χ0) is 10.7.